The molecule has 0 heterocycles. The Hall–Kier alpha value is -1.93. The molecule has 0 amide bonds. The van der Waals surface area contributed by atoms with Crippen molar-refractivity contribution in [3.8, 4) is 0 Å². The fourth-order valence-electron chi connectivity index (χ4n) is 1.87. The van der Waals surface area contributed by atoms with Crippen molar-refractivity contribution >= 4 is 22.6 Å². The Morgan fingerprint density at radius 2 is 1.61 bits per heavy atom. The number of hydrogen-bond donors (Lipinski definition) is 0. The molecule has 0 aliphatic rings. The van der Waals surface area contributed by atoms with Crippen molar-refractivity contribution in [2.75, 3.05) is 0 Å². The molecule has 2 rings (SSSR count). The van der Waals surface area contributed by atoms with E-state index in [2.05, 4.69) is 0 Å². The summed E-state index contributed by atoms with van der Waals surface area (Å²) >= 11 is 5.52. The van der Waals surface area contributed by atoms with E-state index in [0.29, 0.717) is 11.1 Å². The second-order valence-electron chi connectivity index (χ2n) is 3.97. The lowest BCUT2D eigenvalue weighted by Gasteiger charge is -2.08. The average molecular weight is 259 g/mol. The van der Waals surface area contributed by atoms with Gasteiger partial charge in [0.25, 0.3) is 5.24 Å². The first-order valence-electron chi connectivity index (χ1n) is 5.50. The minimum absolute atomic E-state index is 0.183. The molecular formula is C15H11ClO2. The molecule has 0 aliphatic carbocycles. The zero-order valence-corrected chi connectivity index (χ0v) is 10.6. The molecule has 0 aromatic heterocycles. The van der Waals surface area contributed by atoms with Crippen LogP contribution in [-0.2, 0) is 0 Å². The van der Waals surface area contributed by atoms with Crippen LogP contribution in [-0.4, -0.2) is 11.0 Å². The topological polar surface area (TPSA) is 34.1 Å². The molecule has 2 nitrogen and oxygen atoms in total. The van der Waals surface area contributed by atoms with Crippen molar-refractivity contribution in [1.29, 1.82) is 0 Å². The third-order valence-corrected chi connectivity index (χ3v) is 2.95. The highest BCUT2D eigenvalue weighted by atomic mass is 35.5. The summed E-state index contributed by atoms with van der Waals surface area (Å²) in [6.07, 6.45) is 0. The summed E-state index contributed by atoms with van der Waals surface area (Å²) in [5.41, 5.74) is 1.93. The monoisotopic (exact) mass is 258 g/mol. The normalized spacial score (nSPS) is 10.1. The Balaban J connectivity index is 2.58. The van der Waals surface area contributed by atoms with E-state index in [1.807, 2.05) is 6.07 Å². The molecule has 0 fully saturated rings. The number of carbonyl (C=O) groups excluding carboxylic acids is 2. The number of benzene rings is 2. The smallest absolute Gasteiger partial charge is 0.253 e. The fraction of sp³-hybridized carbons (Fsp3) is 0.0667. The molecular weight excluding hydrogens is 248 g/mol. The van der Waals surface area contributed by atoms with Gasteiger partial charge in [-0.2, -0.15) is 0 Å². The summed E-state index contributed by atoms with van der Waals surface area (Å²) in [6.45, 7) is 1.79. The zero-order valence-electron chi connectivity index (χ0n) is 9.81. The lowest BCUT2D eigenvalue weighted by molar-refractivity contribution is 0.102. The van der Waals surface area contributed by atoms with E-state index in [1.54, 1.807) is 49.4 Å². The van der Waals surface area contributed by atoms with Gasteiger partial charge in [0.05, 0.1) is 0 Å². The number of carbonyl (C=O) groups is 2. The number of hydrogen-bond acceptors (Lipinski definition) is 2. The van der Waals surface area contributed by atoms with Crippen molar-refractivity contribution in [2.45, 2.75) is 6.92 Å². The van der Waals surface area contributed by atoms with Crippen LogP contribution >= 0.6 is 11.6 Å². The molecule has 0 spiro atoms. The summed E-state index contributed by atoms with van der Waals surface area (Å²) in [4.78, 5) is 23.7. The highest BCUT2D eigenvalue weighted by molar-refractivity contribution is 6.68. The first-order chi connectivity index (χ1) is 8.61. The van der Waals surface area contributed by atoms with E-state index in [9.17, 15) is 9.59 Å². The van der Waals surface area contributed by atoms with E-state index in [0.717, 1.165) is 5.56 Å². The highest BCUT2D eigenvalue weighted by Crippen LogP contribution is 2.20. The number of ketones is 1. The molecule has 0 saturated carbocycles. The van der Waals surface area contributed by atoms with Gasteiger partial charge in [0.15, 0.2) is 5.78 Å². The third kappa shape index (κ3) is 2.34. The van der Waals surface area contributed by atoms with Crippen LogP contribution in [0.4, 0.5) is 0 Å². The van der Waals surface area contributed by atoms with Crippen LogP contribution < -0.4 is 0 Å². The van der Waals surface area contributed by atoms with Crippen LogP contribution in [0.15, 0.2) is 48.5 Å². The van der Waals surface area contributed by atoms with Gasteiger partial charge in [0.1, 0.15) is 0 Å². The molecule has 0 atom stereocenters. The molecule has 2 aromatic carbocycles. The molecule has 0 unspecified atom stereocenters. The lowest BCUT2D eigenvalue weighted by atomic mass is 9.95. The Labute approximate surface area is 110 Å². The number of rotatable bonds is 3. The van der Waals surface area contributed by atoms with Gasteiger partial charge in [-0.3, -0.25) is 9.59 Å². The van der Waals surface area contributed by atoms with Gasteiger partial charge in [-0.1, -0.05) is 42.5 Å². The number of aryl methyl sites for hydroxylation is 1. The molecule has 0 N–H and O–H groups in total. The van der Waals surface area contributed by atoms with Crippen LogP contribution in [0.1, 0.15) is 31.8 Å². The maximum absolute atomic E-state index is 12.4. The standard InChI is InChI=1S/C15H11ClO2/c1-10-6-5-9-12(15(16)18)13(10)14(17)11-7-3-2-4-8-11/h2-9H,1H3. The van der Waals surface area contributed by atoms with Gasteiger partial charge in [0.2, 0.25) is 0 Å². The van der Waals surface area contributed by atoms with Crippen molar-refractivity contribution in [3.05, 3.63) is 70.8 Å². The van der Waals surface area contributed by atoms with E-state index in [4.69, 9.17) is 11.6 Å². The minimum atomic E-state index is -0.613. The van der Waals surface area contributed by atoms with Gasteiger partial charge in [-0.05, 0) is 30.2 Å². The Kier molecular flexibility index (Phi) is 3.58. The molecule has 2 aromatic rings. The predicted molar refractivity (Wildman–Crippen MR) is 71.2 cm³/mol. The van der Waals surface area contributed by atoms with Crippen molar-refractivity contribution < 1.29 is 9.59 Å². The van der Waals surface area contributed by atoms with Crippen LogP contribution in [0.3, 0.4) is 0 Å². The average Bonchev–Trinajstić information content (AvgIpc) is 2.38. The van der Waals surface area contributed by atoms with Crippen molar-refractivity contribution in [2.24, 2.45) is 0 Å². The first-order valence-corrected chi connectivity index (χ1v) is 5.88. The quantitative estimate of drug-likeness (QED) is 0.623. The summed E-state index contributed by atoms with van der Waals surface area (Å²) in [6, 6.07) is 13.9. The van der Waals surface area contributed by atoms with Gasteiger partial charge >= 0.3 is 0 Å². The third-order valence-electron chi connectivity index (χ3n) is 2.75. The predicted octanol–water partition coefficient (Wildman–Crippen LogP) is 3.61. The first kappa shape index (κ1) is 12.5. The van der Waals surface area contributed by atoms with Gasteiger partial charge in [-0.25, -0.2) is 0 Å². The van der Waals surface area contributed by atoms with E-state index < -0.39 is 5.24 Å². The summed E-state index contributed by atoms with van der Waals surface area (Å²) in [7, 11) is 0. The SMILES string of the molecule is Cc1cccc(C(=O)Cl)c1C(=O)c1ccccc1. The maximum atomic E-state index is 12.4. The second-order valence-corrected chi connectivity index (χ2v) is 4.31. The molecule has 0 radical (unpaired) electrons. The summed E-state index contributed by atoms with van der Waals surface area (Å²) < 4.78 is 0. The fourth-order valence-corrected chi connectivity index (χ4v) is 2.02. The van der Waals surface area contributed by atoms with Gasteiger partial charge < -0.3 is 0 Å². The van der Waals surface area contributed by atoms with Crippen molar-refractivity contribution in [3.63, 3.8) is 0 Å². The molecule has 0 aliphatic heterocycles. The summed E-state index contributed by atoms with van der Waals surface area (Å²) in [5, 5.41) is -0.613. The van der Waals surface area contributed by atoms with E-state index in [-0.39, 0.29) is 11.3 Å². The molecule has 0 saturated heterocycles. The minimum Gasteiger partial charge on any atom is -0.289 e. The lowest BCUT2D eigenvalue weighted by Crippen LogP contribution is -2.09. The van der Waals surface area contributed by atoms with Crippen LogP contribution in [0.5, 0.6) is 0 Å². The van der Waals surface area contributed by atoms with Crippen LogP contribution in [0, 0.1) is 6.92 Å². The van der Waals surface area contributed by atoms with Crippen molar-refractivity contribution in [1.82, 2.24) is 0 Å². The Morgan fingerprint density at radius 3 is 2.22 bits per heavy atom. The molecule has 0 bridgehead atoms. The number of halogens is 1. The molecule has 3 heteroatoms. The second kappa shape index (κ2) is 5.15. The molecule has 18 heavy (non-hydrogen) atoms. The van der Waals surface area contributed by atoms with E-state index >= 15 is 0 Å². The van der Waals surface area contributed by atoms with Gasteiger partial charge in [-0.15, -0.1) is 0 Å². The van der Waals surface area contributed by atoms with E-state index in [1.165, 1.54) is 0 Å². The molecule has 90 valence electrons. The highest BCUT2D eigenvalue weighted by Gasteiger charge is 2.18. The Morgan fingerprint density at radius 1 is 0.944 bits per heavy atom. The Bertz CT molecular complexity index is 603. The largest absolute Gasteiger partial charge is 0.289 e. The maximum Gasteiger partial charge on any atom is 0.253 e. The van der Waals surface area contributed by atoms with Crippen LogP contribution in [0.25, 0.3) is 0 Å². The summed E-state index contributed by atoms with van der Waals surface area (Å²) in [5.74, 6) is -0.183. The zero-order chi connectivity index (χ0) is 13.1. The van der Waals surface area contributed by atoms with Gasteiger partial charge in [0, 0.05) is 16.7 Å². The van der Waals surface area contributed by atoms with Crippen LogP contribution in [0.2, 0.25) is 0 Å².